The minimum Gasteiger partial charge on any atom is -0.198 e. The van der Waals surface area contributed by atoms with Gasteiger partial charge in [-0.2, -0.15) is 5.26 Å². The van der Waals surface area contributed by atoms with Crippen LogP contribution in [0.3, 0.4) is 0 Å². The molecule has 0 radical (unpaired) electrons. The lowest BCUT2D eigenvalue weighted by Gasteiger charge is -2.16. The number of hydrogen-bond donors (Lipinski definition) is 0. The highest BCUT2D eigenvalue weighted by Crippen LogP contribution is 2.22. The molecule has 0 atom stereocenters. The zero-order valence-corrected chi connectivity index (χ0v) is 5.94. The maximum absolute atomic E-state index is 8.31. The van der Waals surface area contributed by atoms with E-state index in [4.69, 9.17) is 11.7 Å². The van der Waals surface area contributed by atoms with E-state index in [0.29, 0.717) is 12.8 Å². The van der Waals surface area contributed by atoms with Crippen molar-refractivity contribution in [1.29, 1.82) is 5.26 Å². The first-order valence-corrected chi connectivity index (χ1v) is 2.93. The lowest BCUT2D eigenvalue weighted by Crippen LogP contribution is -2.08. The molecule has 0 aromatic rings. The van der Waals surface area contributed by atoms with Crippen molar-refractivity contribution in [3.05, 3.63) is 0 Å². The van der Waals surface area contributed by atoms with Crippen molar-refractivity contribution in [3.63, 3.8) is 0 Å². The maximum atomic E-state index is 8.31. The summed E-state index contributed by atoms with van der Waals surface area (Å²) < 4.78 is 0. The third-order valence-electron chi connectivity index (χ3n) is 1.14. The molecule has 0 N–H and O–H groups in total. The molecule has 0 aliphatic carbocycles. The molecule has 0 aliphatic rings. The Hall–Kier alpha value is -0.950. The molecule has 48 valence electrons. The highest BCUT2D eigenvalue weighted by atomic mass is 14.3. The molecular weight excluding hydrogens is 110 g/mol. The Kier molecular flexibility index (Phi) is 2.82. The van der Waals surface area contributed by atoms with Gasteiger partial charge in [0.25, 0.3) is 0 Å². The SMILES string of the molecule is C#CCC(C)(C)CC#N. The maximum Gasteiger partial charge on any atom is 0.0627 e. The Balaban J connectivity index is 3.77. The summed E-state index contributed by atoms with van der Waals surface area (Å²) in [5, 5.41) is 8.31. The Morgan fingerprint density at radius 1 is 1.44 bits per heavy atom. The van der Waals surface area contributed by atoms with Crippen molar-refractivity contribution in [2.24, 2.45) is 5.41 Å². The lowest BCUT2D eigenvalue weighted by atomic mass is 9.87. The van der Waals surface area contributed by atoms with E-state index in [9.17, 15) is 0 Å². The van der Waals surface area contributed by atoms with Crippen molar-refractivity contribution in [2.45, 2.75) is 26.7 Å². The van der Waals surface area contributed by atoms with Gasteiger partial charge in [-0.05, 0) is 5.41 Å². The first-order valence-electron chi connectivity index (χ1n) is 2.93. The highest BCUT2D eigenvalue weighted by Gasteiger charge is 2.14. The van der Waals surface area contributed by atoms with E-state index < -0.39 is 0 Å². The summed E-state index contributed by atoms with van der Waals surface area (Å²) in [6, 6.07) is 2.10. The average Bonchev–Trinajstić information content (AvgIpc) is 1.64. The van der Waals surface area contributed by atoms with Gasteiger partial charge in [0.1, 0.15) is 0 Å². The number of terminal acetylenes is 1. The van der Waals surface area contributed by atoms with Gasteiger partial charge in [-0.15, -0.1) is 12.3 Å². The number of rotatable bonds is 2. The van der Waals surface area contributed by atoms with Crippen LogP contribution in [0.5, 0.6) is 0 Å². The second-order valence-corrected chi connectivity index (χ2v) is 2.88. The molecule has 0 aromatic carbocycles. The summed E-state index contributed by atoms with van der Waals surface area (Å²) in [4.78, 5) is 0. The second-order valence-electron chi connectivity index (χ2n) is 2.88. The zero-order valence-electron chi connectivity index (χ0n) is 5.94. The summed E-state index contributed by atoms with van der Waals surface area (Å²) in [6.45, 7) is 3.99. The van der Waals surface area contributed by atoms with Crippen LogP contribution in [0.1, 0.15) is 26.7 Å². The van der Waals surface area contributed by atoms with Gasteiger partial charge in [-0.1, -0.05) is 13.8 Å². The molecule has 9 heavy (non-hydrogen) atoms. The minimum absolute atomic E-state index is 0.00347. The minimum atomic E-state index is 0.00347. The molecule has 0 amide bonds. The van der Waals surface area contributed by atoms with Crippen LogP contribution in [0.2, 0.25) is 0 Å². The summed E-state index contributed by atoms with van der Waals surface area (Å²) in [5.74, 6) is 2.54. The van der Waals surface area contributed by atoms with Gasteiger partial charge in [0.2, 0.25) is 0 Å². The lowest BCUT2D eigenvalue weighted by molar-refractivity contribution is 0.388. The average molecular weight is 121 g/mol. The molecule has 0 fully saturated rings. The van der Waals surface area contributed by atoms with E-state index in [2.05, 4.69) is 12.0 Å². The topological polar surface area (TPSA) is 23.8 Å². The Morgan fingerprint density at radius 2 is 2.00 bits per heavy atom. The van der Waals surface area contributed by atoms with Crippen LogP contribution in [0.25, 0.3) is 0 Å². The standard InChI is InChI=1S/C8H11N/c1-4-5-8(2,3)6-7-9/h1H,5-6H2,2-3H3. The number of nitriles is 1. The molecular formula is C8H11N. The van der Waals surface area contributed by atoms with Gasteiger partial charge < -0.3 is 0 Å². The Bertz CT molecular complexity index is 136. The fourth-order valence-corrected chi connectivity index (χ4v) is 0.553. The van der Waals surface area contributed by atoms with E-state index >= 15 is 0 Å². The summed E-state index contributed by atoms with van der Waals surface area (Å²) in [7, 11) is 0. The van der Waals surface area contributed by atoms with Crippen molar-refractivity contribution in [2.75, 3.05) is 0 Å². The van der Waals surface area contributed by atoms with Gasteiger partial charge in [0.05, 0.1) is 6.07 Å². The van der Waals surface area contributed by atoms with Gasteiger partial charge >= 0.3 is 0 Å². The van der Waals surface area contributed by atoms with Crippen LogP contribution in [-0.4, -0.2) is 0 Å². The van der Waals surface area contributed by atoms with Crippen molar-refractivity contribution in [3.8, 4) is 18.4 Å². The molecule has 0 spiro atoms. The molecule has 0 aromatic heterocycles. The van der Waals surface area contributed by atoms with Crippen molar-refractivity contribution in [1.82, 2.24) is 0 Å². The normalized spacial score (nSPS) is 9.78. The van der Waals surface area contributed by atoms with E-state index in [1.165, 1.54) is 0 Å². The largest absolute Gasteiger partial charge is 0.198 e. The molecule has 0 bridgehead atoms. The van der Waals surface area contributed by atoms with Crippen LogP contribution in [-0.2, 0) is 0 Å². The van der Waals surface area contributed by atoms with Crippen LogP contribution >= 0.6 is 0 Å². The zero-order chi connectivity index (χ0) is 7.33. The van der Waals surface area contributed by atoms with Crippen LogP contribution in [0, 0.1) is 29.1 Å². The van der Waals surface area contributed by atoms with E-state index in [-0.39, 0.29) is 5.41 Å². The quantitative estimate of drug-likeness (QED) is 0.512. The van der Waals surface area contributed by atoms with Gasteiger partial charge in [-0.3, -0.25) is 0 Å². The summed E-state index contributed by atoms with van der Waals surface area (Å²) in [6.07, 6.45) is 6.31. The van der Waals surface area contributed by atoms with Gasteiger partial charge in [-0.25, -0.2) is 0 Å². The number of hydrogen-bond acceptors (Lipinski definition) is 1. The molecule has 0 heterocycles. The summed E-state index contributed by atoms with van der Waals surface area (Å²) >= 11 is 0. The van der Waals surface area contributed by atoms with Crippen LogP contribution in [0.4, 0.5) is 0 Å². The highest BCUT2D eigenvalue weighted by molar-refractivity contribution is 4.94. The van der Waals surface area contributed by atoms with E-state index in [1.807, 2.05) is 13.8 Å². The third-order valence-corrected chi connectivity index (χ3v) is 1.14. The Labute approximate surface area is 56.7 Å². The van der Waals surface area contributed by atoms with E-state index in [0.717, 1.165) is 0 Å². The molecule has 0 unspecified atom stereocenters. The smallest absolute Gasteiger partial charge is 0.0627 e. The molecule has 0 saturated heterocycles. The fraction of sp³-hybridized carbons (Fsp3) is 0.625. The van der Waals surface area contributed by atoms with Gasteiger partial charge in [0.15, 0.2) is 0 Å². The van der Waals surface area contributed by atoms with Crippen LogP contribution in [0.15, 0.2) is 0 Å². The predicted octanol–water partition coefficient (Wildman–Crippen LogP) is 1.95. The molecule has 0 aliphatic heterocycles. The predicted molar refractivity (Wildman–Crippen MR) is 37.5 cm³/mol. The second kappa shape index (κ2) is 3.15. The monoisotopic (exact) mass is 121 g/mol. The fourth-order valence-electron chi connectivity index (χ4n) is 0.553. The molecule has 1 heteroatoms. The first kappa shape index (κ1) is 8.05. The number of nitrogens with zero attached hydrogens (tertiary/aromatic N) is 1. The van der Waals surface area contributed by atoms with Crippen molar-refractivity contribution >= 4 is 0 Å². The molecule has 1 nitrogen and oxygen atoms in total. The molecule has 0 saturated carbocycles. The summed E-state index contributed by atoms with van der Waals surface area (Å²) in [5.41, 5.74) is 0.00347. The van der Waals surface area contributed by atoms with Crippen LogP contribution < -0.4 is 0 Å². The first-order chi connectivity index (χ1) is 4.12. The van der Waals surface area contributed by atoms with Gasteiger partial charge in [0, 0.05) is 12.8 Å². The molecule has 0 rings (SSSR count). The van der Waals surface area contributed by atoms with Crippen molar-refractivity contribution < 1.29 is 0 Å². The third kappa shape index (κ3) is 3.62. The Morgan fingerprint density at radius 3 is 2.33 bits per heavy atom. The van der Waals surface area contributed by atoms with E-state index in [1.54, 1.807) is 0 Å².